The van der Waals surface area contributed by atoms with Gasteiger partial charge in [0, 0.05) is 5.56 Å². The molecule has 2 aromatic heterocycles. The molecule has 0 aliphatic rings. The smallest absolute Gasteiger partial charge is 0.419 e. The quantitative estimate of drug-likeness (QED) is 0.567. The van der Waals surface area contributed by atoms with Crippen LogP contribution in [-0.2, 0) is 6.18 Å². The maximum atomic E-state index is 12.7. The first kappa shape index (κ1) is 16.3. The van der Waals surface area contributed by atoms with Crippen LogP contribution in [0.4, 0.5) is 13.2 Å². The summed E-state index contributed by atoms with van der Waals surface area (Å²) >= 11 is 0.937. The molecule has 1 atom stereocenters. The fraction of sp³-hybridized carbons (Fsp3) is 0.231. The molecule has 0 aliphatic heterocycles. The summed E-state index contributed by atoms with van der Waals surface area (Å²) in [5.74, 6) is 4.69. The van der Waals surface area contributed by atoms with Gasteiger partial charge in [0.1, 0.15) is 0 Å². The normalized spacial score (nSPS) is 13.2. The summed E-state index contributed by atoms with van der Waals surface area (Å²) in [5.41, 5.74) is 0.745. The van der Waals surface area contributed by atoms with Crippen LogP contribution >= 0.6 is 11.8 Å². The molecule has 0 fully saturated rings. The van der Waals surface area contributed by atoms with Crippen LogP contribution in [0.25, 0.3) is 11.5 Å². The largest absolute Gasteiger partial charge is 0.453 e. The summed E-state index contributed by atoms with van der Waals surface area (Å²) < 4.78 is 43.9. The predicted molar refractivity (Wildman–Crippen MR) is 79.2 cm³/mol. The number of halogens is 3. The summed E-state index contributed by atoms with van der Waals surface area (Å²) in [7, 11) is 0. The number of nitrogens with zero attached hydrogens (tertiary/aromatic N) is 5. The first-order valence-electron chi connectivity index (χ1n) is 6.69. The number of hydrogen-bond acceptors (Lipinski definition) is 7. The minimum absolute atomic E-state index is 0.103. The van der Waals surface area contributed by atoms with Crippen molar-refractivity contribution in [3.05, 3.63) is 42.0 Å². The van der Waals surface area contributed by atoms with Crippen molar-refractivity contribution in [3.63, 3.8) is 0 Å². The van der Waals surface area contributed by atoms with Gasteiger partial charge in [-0.3, -0.25) is 0 Å². The monoisotopic (exact) mass is 356 g/mol. The lowest BCUT2D eigenvalue weighted by Gasteiger charge is -2.08. The second-order valence-electron chi connectivity index (χ2n) is 4.75. The van der Waals surface area contributed by atoms with Gasteiger partial charge >= 0.3 is 6.18 Å². The Balaban J connectivity index is 1.78. The molecule has 0 saturated heterocycles. The Morgan fingerprint density at radius 2 is 1.83 bits per heavy atom. The zero-order valence-electron chi connectivity index (χ0n) is 12.2. The molecule has 3 aromatic rings. The van der Waals surface area contributed by atoms with Crippen LogP contribution in [0, 0.1) is 0 Å². The molecule has 3 rings (SSSR count). The molecule has 2 heterocycles. The number of alkyl halides is 3. The van der Waals surface area contributed by atoms with Crippen molar-refractivity contribution in [1.29, 1.82) is 0 Å². The molecule has 24 heavy (non-hydrogen) atoms. The van der Waals surface area contributed by atoms with E-state index >= 15 is 0 Å². The van der Waals surface area contributed by atoms with Crippen LogP contribution in [0.5, 0.6) is 0 Å². The van der Waals surface area contributed by atoms with Crippen molar-refractivity contribution >= 4 is 11.8 Å². The van der Waals surface area contributed by atoms with Crippen LogP contribution in [0.15, 0.2) is 39.9 Å². The van der Waals surface area contributed by atoms with E-state index in [1.807, 2.05) is 18.2 Å². The van der Waals surface area contributed by atoms with Gasteiger partial charge in [-0.15, -0.1) is 20.4 Å². The summed E-state index contributed by atoms with van der Waals surface area (Å²) in [6, 6.07) is 9.12. The van der Waals surface area contributed by atoms with Gasteiger partial charge < -0.3 is 10.3 Å². The standard InChI is InChI=1S/C13H11F3N6OS/c1-7(24-12-21-20-11(22(12)17)13(14,15)16)9-18-19-10(23-9)8-5-3-2-4-6-8/h2-7H,17H2,1H3. The van der Waals surface area contributed by atoms with Crippen molar-refractivity contribution < 1.29 is 17.6 Å². The Kier molecular flexibility index (Phi) is 4.18. The van der Waals surface area contributed by atoms with Crippen molar-refractivity contribution in [2.45, 2.75) is 23.5 Å². The lowest BCUT2D eigenvalue weighted by atomic mass is 10.2. The molecule has 2 N–H and O–H groups in total. The third kappa shape index (κ3) is 3.20. The maximum Gasteiger partial charge on any atom is 0.453 e. The van der Waals surface area contributed by atoms with Gasteiger partial charge in [0.05, 0.1) is 5.25 Å². The van der Waals surface area contributed by atoms with E-state index in [1.54, 1.807) is 19.1 Å². The Morgan fingerprint density at radius 3 is 2.46 bits per heavy atom. The highest BCUT2D eigenvalue weighted by Gasteiger charge is 2.38. The van der Waals surface area contributed by atoms with Crippen molar-refractivity contribution in [2.24, 2.45) is 0 Å². The van der Waals surface area contributed by atoms with E-state index in [0.717, 1.165) is 17.3 Å². The molecule has 0 amide bonds. The average molecular weight is 356 g/mol. The minimum Gasteiger partial charge on any atom is -0.419 e. The lowest BCUT2D eigenvalue weighted by molar-refractivity contribution is -0.146. The van der Waals surface area contributed by atoms with Crippen LogP contribution in [0.1, 0.15) is 23.9 Å². The first-order valence-corrected chi connectivity index (χ1v) is 7.57. The Bertz CT molecular complexity index is 832. The molecule has 0 saturated carbocycles. The van der Waals surface area contributed by atoms with Gasteiger partial charge in [-0.1, -0.05) is 30.0 Å². The molecular formula is C13H11F3N6OS. The van der Waals surface area contributed by atoms with E-state index in [-0.39, 0.29) is 11.0 Å². The fourth-order valence-electron chi connectivity index (χ4n) is 1.86. The highest BCUT2D eigenvalue weighted by molar-refractivity contribution is 7.99. The van der Waals surface area contributed by atoms with Crippen LogP contribution < -0.4 is 5.84 Å². The topological polar surface area (TPSA) is 95.7 Å². The molecule has 126 valence electrons. The SMILES string of the molecule is CC(Sc1nnc(C(F)(F)F)n1N)c1nnc(-c2ccccc2)o1. The van der Waals surface area contributed by atoms with Gasteiger partial charge in [-0.25, -0.2) is 4.68 Å². The molecule has 0 spiro atoms. The molecule has 7 nitrogen and oxygen atoms in total. The zero-order valence-corrected chi connectivity index (χ0v) is 13.0. The summed E-state index contributed by atoms with van der Waals surface area (Å²) in [5, 5.41) is 13.8. The Morgan fingerprint density at radius 1 is 1.12 bits per heavy atom. The fourth-order valence-corrected chi connectivity index (χ4v) is 2.66. The molecule has 1 aromatic carbocycles. The second kappa shape index (κ2) is 6.15. The van der Waals surface area contributed by atoms with Crippen molar-refractivity contribution in [1.82, 2.24) is 25.1 Å². The van der Waals surface area contributed by atoms with E-state index < -0.39 is 17.3 Å². The first-order chi connectivity index (χ1) is 11.4. The maximum absolute atomic E-state index is 12.7. The second-order valence-corrected chi connectivity index (χ2v) is 6.05. The van der Waals surface area contributed by atoms with E-state index in [9.17, 15) is 13.2 Å². The number of benzene rings is 1. The van der Waals surface area contributed by atoms with E-state index in [0.29, 0.717) is 10.6 Å². The Hall–Kier alpha value is -2.56. The molecule has 0 bridgehead atoms. The summed E-state index contributed by atoms with van der Waals surface area (Å²) in [4.78, 5) is 0. The molecular weight excluding hydrogens is 345 g/mol. The number of hydrogen-bond donors (Lipinski definition) is 1. The van der Waals surface area contributed by atoms with Crippen LogP contribution in [-0.4, -0.2) is 25.1 Å². The summed E-state index contributed by atoms with van der Waals surface area (Å²) in [6.07, 6.45) is -4.67. The Labute approximate surface area is 138 Å². The molecule has 11 heteroatoms. The zero-order chi connectivity index (χ0) is 17.3. The van der Waals surface area contributed by atoms with Gasteiger partial charge in [-0.2, -0.15) is 13.2 Å². The van der Waals surface area contributed by atoms with Gasteiger partial charge in [0.25, 0.3) is 5.82 Å². The minimum atomic E-state index is -4.67. The average Bonchev–Trinajstić information content (AvgIpc) is 3.15. The van der Waals surface area contributed by atoms with Gasteiger partial charge in [-0.05, 0) is 19.1 Å². The summed E-state index contributed by atoms with van der Waals surface area (Å²) in [6.45, 7) is 1.69. The third-order valence-electron chi connectivity index (χ3n) is 3.01. The third-order valence-corrected chi connectivity index (χ3v) is 4.05. The number of nitrogen functional groups attached to an aromatic ring is 1. The lowest BCUT2D eigenvalue weighted by Crippen LogP contribution is -2.21. The number of nitrogens with two attached hydrogens (primary N) is 1. The van der Waals surface area contributed by atoms with Crippen molar-refractivity contribution in [3.8, 4) is 11.5 Å². The highest BCUT2D eigenvalue weighted by Crippen LogP contribution is 2.35. The van der Waals surface area contributed by atoms with E-state index in [4.69, 9.17) is 10.3 Å². The van der Waals surface area contributed by atoms with Crippen LogP contribution in [0.2, 0.25) is 0 Å². The molecule has 0 radical (unpaired) electrons. The highest BCUT2D eigenvalue weighted by atomic mass is 32.2. The number of rotatable bonds is 4. The molecule has 0 aliphatic carbocycles. The van der Waals surface area contributed by atoms with Crippen molar-refractivity contribution in [2.75, 3.05) is 5.84 Å². The number of thioether (sulfide) groups is 1. The number of aromatic nitrogens is 5. The van der Waals surface area contributed by atoms with Crippen LogP contribution in [0.3, 0.4) is 0 Å². The molecule has 1 unspecified atom stereocenters. The van der Waals surface area contributed by atoms with E-state index in [2.05, 4.69) is 20.4 Å². The van der Waals surface area contributed by atoms with Gasteiger partial charge in [0.2, 0.25) is 16.9 Å². The predicted octanol–water partition coefficient (Wildman–Crippen LogP) is 2.91. The van der Waals surface area contributed by atoms with Gasteiger partial charge in [0.15, 0.2) is 0 Å². The van der Waals surface area contributed by atoms with E-state index in [1.165, 1.54) is 0 Å².